The van der Waals surface area contributed by atoms with Gasteiger partial charge in [-0.3, -0.25) is 9.11 Å². The minimum Gasteiger partial charge on any atom is -0.488 e. The number of allylic oxidation sites excluding steroid dienone is 7. The standard InChI is InChI=1S/C51H64N2O7S4/c1-7-8-9-26-52-45-22-18-36(2)29-43(45)50(3,4)47(52)24-19-39-16-13-17-40(49(39)60-33-38-15-12-14-37(30-38)31-41-34-61-35-62-41)20-25-48-51(5,6)44-32-42(64(57,58)59)21-23-46(44)53(48)27-10-11-28-63(54,55)56/h12,14-15,18-25,29-30,32,41H,7-11,13,16-17,26-28,31,33-35H2,1-6H3,(H-,54,55,56,57,58,59)/p+1. The molecule has 1 aliphatic carbocycles. The third kappa shape index (κ3) is 11.1. The van der Waals surface area contributed by atoms with Crippen LogP contribution >= 0.6 is 23.5 Å². The van der Waals surface area contributed by atoms with Crippen molar-refractivity contribution in [2.24, 2.45) is 0 Å². The maximum atomic E-state index is 12.3. The summed E-state index contributed by atoms with van der Waals surface area (Å²) in [6, 6.07) is 20.3. The van der Waals surface area contributed by atoms with Crippen LogP contribution in [0.1, 0.15) is 114 Å². The van der Waals surface area contributed by atoms with Gasteiger partial charge in [0.15, 0.2) is 5.71 Å². The van der Waals surface area contributed by atoms with Crippen molar-refractivity contribution in [2.45, 2.75) is 127 Å². The van der Waals surface area contributed by atoms with Gasteiger partial charge in [-0.25, -0.2) is 0 Å². The van der Waals surface area contributed by atoms with Crippen LogP contribution in [0.2, 0.25) is 0 Å². The zero-order valence-electron chi connectivity index (χ0n) is 38.2. The van der Waals surface area contributed by atoms with Gasteiger partial charge in [0.25, 0.3) is 20.2 Å². The number of anilines is 1. The third-order valence-corrected chi connectivity index (χ3v) is 17.6. The molecule has 0 spiro atoms. The smallest absolute Gasteiger partial charge is 0.294 e. The number of hydrogen-bond acceptors (Lipinski definition) is 8. The molecule has 0 saturated carbocycles. The largest absolute Gasteiger partial charge is 0.488 e. The fraction of sp³-hybridized carbons (Fsp3) is 0.471. The first-order valence-corrected chi connectivity index (χ1v) is 28.0. The minimum atomic E-state index is -4.45. The molecule has 3 aliphatic heterocycles. The van der Waals surface area contributed by atoms with E-state index in [0.717, 1.165) is 89.6 Å². The number of unbranched alkanes of at least 4 members (excludes halogenated alkanes) is 3. The van der Waals surface area contributed by atoms with Crippen LogP contribution in [0, 0.1) is 6.92 Å². The highest BCUT2D eigenvalue weighted by Gasteiger charge is 2.45. The first kappa shape index (κ1) is 48.3. The highest BCUT2D eigenvalue weighted by molar-refractivity contribution is 8.19. The number of rotatable bonds is 18. The van der Waals surface area contributed by atoms with Crippen molar-refractivity contribution >= 4 is 60.8 Å². The average molecular weight is 946 g/mol. The van der Waals surface area contributed by atoms with Crippen LogP contribution in [-0.4, -0.2) is 71.2 Å². The molecule has 344 valence electrons. The van der Waals surface area contributed by atoms with Crippen molar-refractivity contribution in [2.75, 3.05) is 34.6 Å². The number of hydrogen-bond donors (Lipinski definition) is 2. The number of fused-ring (bicyclic) bond motifs is 2. The van der Waals surface area contributed by atoms with Crippen LogP contribution in [0.3, 0.4) is 0 Å². The first-order chi connectivity index (χ1) is 30.4. The first-order valence-electron chi connectivity index (χ1n) is 22.7. The molecule has 0 amide bonds. The van der Waals surface area contributed by atoms with E-state index in [9.17, 15) is 25.9 Å². The van der Waals surface area contributed by atoms with E-state index in [1.54, 1.807) is 6.07 Å². The molecular weight excluding hydrogens is 881 g/mol. The van der Waals surface area contributed by atoms with E-state index < -0.39 is 25.7 Å². The summed E-state index contributed by atoms with van der Waals surface area (Å²) in [6.45, 7) is 15.0. The summed E-state index contributed by atoms with van der Waals surface area (Å²) in [5.74, 6) is 1.71. The number of thioether (sulfide) groups is 2. The molecule has 2 N–H and O–H groups in total. The quantitative estimate of drug-likeness (QED) is 0.0723. The molecule has 0 aromatic heterocycles. The maximum Gasteiger partial charge on any atom is 0.294 e. The molecule has 3 aromatic carbocycles. The molecule has 1 saturated heterocycles. The Kier molecular flexibility index (Phi) is 15.2. The molecule has 3 heterocycles. The second kappa shape index (κ2) is 20.1. The number of ether oxygens (including phenoxy) is 1. The van der Waals surface area contributed by atoms with Crippen LogP contribution in [0.4, 0.5) is 11.4 Å². The van der Waals surface area contributed by atoms with Gasteiger partial charge in [-0.2, -0.15) is 21.4 Å². The predicted octanol–water partition coefficient (Wildman–Crippen LogP) is 11.6. The molecule has 1 unspecified atom stereocenters. The highest BCUT2D eigenvalue weighted by atomic mass is 32.2. The Morgan fingerprint density at radius 2 is 1.67 bits per heavy atom. The van der Waals surface area contributed by atoms with Gasteiger partial charge in [-0.15, -0.1) is 23.5 Å². The summed E-state index contributed by atoms with van der Waals surface area (Å²) >= 11 is 4.05. The molecule has 4 aliphatic rings. The lowest BCUT2D eigenvalue weighted by Gasteiger charge is -2.27. The van der Waals surface area contributed by atoms with E-state index in [2.05, 4.69) is 104 Å². The molecule has 13 heteroatoms. The van der Waals surface area contributed by atoms with Gasteiger partial charge in [0.1, 0.15) is 18.9 Å². The molecule has 9 nitrogen and oxygen atoms in total. The zero-order chi connectivity index (χ0) is 45.9. The van der Waals surface area contributed by atoms with Gasteiger partial charge >= 0.3 is 0 Å². The Balaban J connectivity index is 1.29. The Morgan fingerprint density at radius 1 is 0.875 bits per heavy atom. The van der Waals surface area contributed by atoms with E-state index in [4.69, 9.17) is 4.74 Å². The summed E-state index contributed by atoms with van der Waals surface area (Å²) in [5.41, 5.74) is 11.4. The fourth-order valence-corrected chi connectivity index (χ4v) is 13.7. The summed E-state index contributed by atoms with van der Waals surface area (Å²) < 4.78 is 76.3. The van der Waals surface area contributed by atoms with Crippen LogP contribution in [-0.2, 0) is 48.8 Å². The van der Waals surface area contributed by atoms with Crippen LogP contribution in [0.15, 0.2) is 112 Å². The SMILES string of the molecule is CCCCCN1C(=CC=C2CCCC(C=CC3=[N+](CCCCS(=O)(=O)O)c4ccc(S(=O)(=O)O)cc4C3(C)C)=C2OCc2cccc(CC3CSCS3)c2)C(C)(C)c2cc(C)ccc21. The fourth-order valence-electron chi connectivity index (χ4n) is 9.68. The van der Waals surface area contributed by atoms with Gasteiger partial charge in [0.2, 0.25) is 5.69 Å². The molecule has 64 heavy (non-hydrogen) atoms. The molecule has 0 bridgehead atoms. The van der Waals surface area contributed by atoms with Crippen molar-refractivity contribution in [3.63, 3.8) is 0 Å². The summed E-state index contributed by atoms with van der Waals surface area (Å²) in [4.78, 5) is 2.35. The number of benzene rings is 3. The normalized spacial score (nSPS) is 20.9. The summed E-state index contributed by atoms with van der Waals surface area (Å²) in [7, 11) is -8.57. The average Bonchev–Trinajstić information content (AvgIpc) is 3.88. The van der Waals surface area contributed by atoms with Gasteiger partial charge in [0, 0.05) is 63.6 Å². The van der Waals surface area contributed by atoms with Crippen molar-refractivity contribution < 1.29 is 35.3 Å². The van der Waals surface area contributed by atoms with E-state index in [0.29, 0.717) is 24.8 Å². The maximum absolute atomic E-state index is 12.3. The lowest BCUT2D eigenvalue weighted by Crippen LogP contribution is -2.28. The van der Waals surface area contributed by atoms with Crippen LogP contribution < -0.4 is 4.90 Å². The summed E-state index contributed by atoms with van der Waals surface area (Å²) in [6.07, 6.45) is 16.7. The molecule has 1 atom stereocenters. The predicted molar refractivity (Wildman–Crippen MR) is 266 cm³/mol. The van der Waals surface area contributed by atoms with Crippen molar-refractivity contribution in [3.05, 3.63) is 135 Å². The second-order valence-electron chi connectivity index (χ2n) is 18.7. The van der Waals surface area contributed by atoms with E-state index in [-0.39, 0.29) is 22.5 Å². The zero-order valence-corrected chi connectivity index (χ0v) is 41.5. The van der Waals surface area contributed by atoms with E-state index >= 15 is 0 Å². The highest BCUT2D eigenvalue weighted by Crippen LogP contribution is 2.49. The molecule has 0 radical (unpaired) electrons. The Hall–Kier alpha value is -3.59. The van der Waals surface area contributed by atoms with E-state index in [1.807, 2.05) is 37.4 Å². The number of nitrogens with zero attached hydrogens (tertiary/aromatic N) is 2. The molecular formula is C51H65N2O7S4+. The lowest BCUT2D eigenvalue weighted by atomic mass is 9.81. The topological polar surface area (TPSA) is 124 Å². The molecule has 7 rings (SSSR count). The van der Waals surface area contributed by atoms with Gasteiger partial charge in [0.05, 0.1) is 16.1 Å². The van der Waals surface area contributed by atoms with Crippen molar-refractivity contribution in [3.8, 4) is 0 Å². The second-order valence-corrected chi connectivity index (χ2v) is 24.4. The minimum absolute atomic E-state index is 0.178. The van der Waals surface area contributed by atoms with Gasteiger partial charge < -0.3 is 9.64 Å². The summed E-state index contributed by atoms with van der Waals surface area (Å²) in [5, 5.41) is 1.78. The van der Waals surface area contributed by atoms with Crippen molar-refractivity contribution in [1.29, 1.82) is 0 Å². The third-order valence-electron chi connectivity index (χ3n) is 13.1. The Bertz CT molecular complexity index is 2620. The van der Waals surface area contributed by atoms with Gasteiger partial charge in [-0.05, 0) is 117 Å². The van der Waals surface area contributed by atoms with Crippen LogP contribution in [0.5, 0.6) is 0 Å². The number of aryl methyl sites for hydroxylation is 1. The van der Waals surface area contributed by atoms with E-state index in [1.165, 1.54) is 52.4 Å². The molecule has 1 fully saturated rings. The van der Waals surface area contributed by atoms with Gasteiger partial charge in [-0.1, -0.05) is 81.7 Å². The Labute approximate surface area is 390 Å². The Morgan fingerprint density at radius 3 is 2.41 bits per heavy atom. The van der Waals surface area contributed by atoms with Crippen LogP contribution in [0.25, 0.3) is 0 Å². The van der Waals surface area contributed by atoms with Crippen molar-refractivity contribution in [1.82, 2.24) is 0 Å². The lowest BCUT2D eigenvalue weighted by molar-refractivity contribution is -0.438. The monoisotopic (exact) mass is 945 g/mol. The molecule has 3 aromatic rings.